The summed E-state index contributed by atoms with van der Waals surface area (Å²) >= 11 is 1.18. The number of amides is 1. The highest BCUT2D eigenvalue weighted by Gasteiger charge is 2.19. The number of aromatic amines is 1. The third-order valence-corrected chi connectivity index (χ3v) is 5.01. The first kappa shape index (κ1) is 17.0. The molecule has 1 amide bonds. The topological polar surface area (TPSA) is 83.1 Å². The molecule has 2 aromatic heterocycles. The number of nitrogens with one attached hydrogen (secondary N) is 1. The zero-order chi connectivity index (χ0) is 18.0. The number of carbonyl (C=O) groups is 2. The van der Waals surface area contributed by atoms with E-state index in [0.29, 0.717) is 33.0 Å². The van der Waals surface area contributed by atoms with Crippen LogP contribution in [0.3, 0.4) is 0 Å². The Morgan fingerprint density at radius 2 is 1.88 bits per heavy atom. The van der Waals surface area contributed by atoms with Gasteiger partial charge in [0.25, 0.3) is 11.5 Å². The Labute approximate surface area is 148 Å². The van der Waals surface area contributed by atoms with E-state index in [1.807, 2.05) is 13.0 Å². The molecule has 0 aliphatic rings. The lowest BCUT2D eigenvalue weighted by atomic mass is 10.2. The van der Waals surface area contributed by atoms with Crippen molar-refractivity contribution in [3.8, 4) is 0 Å². The standard InChI is InChI=1S/C18H17N3O3S/c1-3-21(18(24)15-9-8-14(25-15)11(2)22)10-16-19-13-7-5-4-6-12(13)17(23)20-16/h4-9H,3,10H2,1-2H3,(H,19,20,23). The number of hydrogen-bond donors (Lipinski definition) is 1. The van der Waals surface area contributed by atoms with Crippen LogP contribution in [-0.2, 0) is 6.54 Å². The molecule has 0 radical (unpaired) electrons. The minimum Gasteiger partial charge on any atom is -0.331 e. The third-order valence-electron chi connectivity index (χ3n) is 3.84. The average molecular weight is 355 g/mol. The Bertz CT molecular complexity index is 1010. The summed E-state index contributed by atoms with van der Waals surface area (Å²) in [7, 11) is 0. The second-order valence-electron chi connectivity index (χ2n) is 5.57. The number of para-hydroxylation sites is 1. The number of rotatable bonds is 5. The van der Waals surface area contributed by atoms with E-state index >= 15 is 0 Å². The molecule has 1 aromatic carbocycles. The molecule has 7 heteroatoms. The van der Waals surface area contributed by atoms with Gasteiger partial charge in [0.05, 0.1) is 27.2 Å². The first-order chi connectivity index (χ1) is 12.0. The molecule has 0 spiro atoms. The second kappa shape index (κ2) is 6.98. The maximum atomic E-state index is 12.7. The van der Waals surface area contributed by atoms with E-state index in [4.69, 9.17) is 0 Å². The molecule has 0 saturated carbocycles. The van der Waals surface area contributed by atoms with Gasteiger partial charge in [-0.3, -0.25) is 14.4 Å². The number of carbonyl (C=O) groups excluding carboxylic acids is 2. The Morgan fingerprint density at radius 1 is 1.16 bits per heavy atom. The quantitative estimate of drug-likeness (QED) is 0.714. The lowest BCUT2D eigenvalue weighted by Gasteiger charge is -2.19. The fourth-order valence-electron chi connectivity index (χ4n) is 2.52. The average Bonchev–Trinajstić information content (AvgIpc) is 3.09. The predicted octanol–water partition coefficient (Wildman–Crippen LogP) is 2.85. The summed E-state index contributed by atoms with van der Waals surface area (Å²) < 4.78 is 0. The van der Waals surface area contributed by atoms with Crippen molar-refractivity contribution in [3.05, 3.63) is 62.3 Å². The van der Waals surface area contributed by atoms with E-state index in [0.717, 1.165) is 0 Å². The van der Waals surface area contributed by atoms with Crippen molar-refractivity contribution < 1.29 is 9.59 Å². The summed E-state index contributed by atoms with van der Waals surface area (Å²) in [6, 6.07) is 10.4. The molecule has 3 aromatic rings. The van der Waals surface area contributed by atoms with Crippen LogP contribution in [0.1, 0.15) is 39.0 Å². The minimum atomic E-state index is -0.223. The number of nitrogens with zero attached hydrogens (tertiary/aromatic N) is 2. The first-order valence-electron chi connectivity index (χ1n) is 7.87. The Balaban J connectivity index is 1.87. The number of fused-ring (bicyclic) bond motifs is 1. The van der Waals surface area contributed by atoms with E-state index in [2.05, 4.69) is 9.97 Å². The number of Topliss-reactive ketones (excluding diaryl/α,β-unsaturated/α-hetero) is 1. The second-order valence-corrected chi connectivity index (χ2v) is 6.65. The maximum Gasteiger partial charge on any atom is 0.264 e. The van der Waals surface area contributed by atoms with E-state index in [-0.39, 0.29) is 23.8 Å². The molecule has 2 heterocycles. The van der Waals surface area contributed by atoms with Gasteiger partial charge < -0.3 is 9.88 Å². The molecular formula is C18H17N3O3S. The molecule has 3 rings (SSSR count). The van der Waals surface area contributed by atoms with Crippen LogP contribution < -0.4 is 5.56 Å². The Morgan fingerprint density at radius 3 is 2.56 bits per heavy atom. The summed E-state index contributed by atoms with van der Waals surface area (Å²) in [5.41, 5.74) is 0.374. The van der Waals surface area contributed by atoms with Gasteiger partial charge >= 0.3 is 0 Å². The summed E-state index contributed by atoms with van der Waals surface area (Å²) in [6.07, 6.45) is 0. The SMILES string of the molecule is CCN(Cc1nc2ccccc2c(=O)[nH]1)C(=O)c1ccc(C(C)=O)s1. The van der Waals surface area contributed by atoms with Gasteiger partial charge in [-0.05, 0) is 38.1 Å². The molecular weight excluding hydrogens is 338 g/mol. The highest BCUT2D eigenvalue weighted by Crippen LogP contribution is 2.19. The van der Waals surface area contributed by atoms with Crippen LogP contribution in [0.2, 0.25) is 0 Å². The van der Waals surface area contributed by atoms with Gasteiger partial charge in [0.15, 0.2) is 5.78 Å². The van der Waals surface area contributed by atoms with Crippen LogP contribution >= 0.6 is 11.3 Å². The molecule has 1 N–H and O–H groups in total. The molecule has 128 valence electrons. The van der Waals surface area contributed by atoms with E-state index < -0.39 is 0 Å². The Kier molecular flexibility index (Phi) is 4.76. The van der Waals surface area contributed by atoms with Crippen LogP contribution in [-0.4, -0.2) is 33.1 Å². The molecule has 0 bridgehead atoms. The highest BCUT2D eigenvalue weighted by molar-refractivity contribution is 7.15. The van der Waals surface area contributed by atoms with Crippen LogP contribution in [0.15, 0.2) is 41.2 Å². The molecule has 0 saturated heterocycles. The van der Waals surface area contributed by atoms with Gasteiger partial charge in [0, 0.05) is 6.54 Å². The van der Waals surface area contributed by atoms with E-state index in [1.54, 1.807) is 35.2 Å². The van der Waals surface area contributed by atoms with Gasteiger partial charge in [-0.25, -0.2) is 4.98 Å². The zero-order valence-electron chi connectivity index (χ0n) is 13.9. The van der Waals surface area contributed by atoms with Gasteiger partial charge in [-0.15, -0.1) is 11.3 Å². The Hall–Kier alpha value is -2.80. The molecule has 25 heavy (non-hydrogen) atoms. The van der Waals surface area contributed by atoms with E-state index in [9.17, 15) is 14.4 Å². The van der Waals surface area contributed by atoms with Gasteiger partial charge in [-0.2, -0.15) is 0 Å². The van der Waals surface area contributed by atoms with Gasteiger partial charge in [0.2, 0.25) is 0 Å². The minimum absolute atomic E-state index is 0.0624. The van der Waals surface area contributed by atoms with Gasteiger partial charge in [0.1, 0.15) is 5.82 Å². The lowest BCUT2D eigenvalue weighted by molar-refractivity contribution is 0.0753. The predicted molar refractivity (Wildman–Crippen MR) is 97.1 cm³/mol. The van der Waals surface area contributed by atoms with Crippen LogP contribution in [0.25, 0.3) is 10.9 Å². The van der Waals surface area contributed by atoms with Crippen LogP contribution in [0, 0.1) is 0 Å². The normalized spacial score (nSPS) is 10.8. The van der Waals surface area contributed by atoms with Crippen molar-refractivity contribution >= 4 is 33.9 Å². The molecule has 0 unspecified atom stereocenters. The van der Waals surface area contributed by atoms with Crippen molar-refractivity contribution in [1.29, 1.82) is 0 Å². The number of ketones is 1. The largest absolute Gasteiger partial charge is 0.331 e. The van der Waals surface area contributed by atoms with Crippen LogP contribution in [0.5, 0.6) is 0 Å². The first-order valence-corrected chi connectivity index (χ1v) is 8.69. The highest BCUT2D eigenvalue weighted by atomic mass is 32.1. The van der Waals surface area contributed by atoms with Gasteiger partial charge in [-0.1, -0.05) is 12.1 Å². The summed E-state index contributed by atoms with van der Waals surface area (Å²) in [5, 5.41) is 0.519. The number of aromatic nitrogens is 2. The van der Waals surface area contributed by atoms with Crippen molar-refractivity contribution in [1.82, 2.24) is 14.9 Å². The number of benzene rings is 1. The summed E-state index contributed by atoms with van der Waals surface area (Å²) in [6.45, 7) is 3.99. The van der Waals surface area contributed by atoms with E-state index in [1.165, 1.54) is 18.3 Å². The number of H-pyrrole nitrogens is 1. The molecule has 0 fully saturated rings. The molecule has 0 aliphatic heterocycles. The fourth-order valence-corrected chi connectivity index (χ4v) is 3.38. The summed E-state index contributed by atoms with van der Waals surface area (Å²) in [5.74, 6) is 0.186. The van der Waals surface area contributed by atoms with Crippen molar-refractivity contribution in [2.24, 2.45) is 0 Å². The number of hydrogen-bond acceptors (Lipinski definition) is 5. The molecule has 0 aliphatic carbocycles. The lowest BCUT2D eigenvalue weighted by Crippen LogP contribution is -2.31. The van der Waals surface area contributed by atoms with Crippen LogP contribution in [0.4, 0.5) is 0 Å². The van der Waals surface area contributed by atoms with Crippen molar-refractivity contribution in [3.63, 3.8) is 0 Å². The van der Waals surface area contributed by atoms with Crippen molar-refractivity contribution in [2.45, 2.75) is 20.4 Å². The smallest absolute Gasteiger partial charge is 0.264 e. The maximum absolute atomic E-state index is 12.7. The molecule has 0 atom stereocenters. The molecule has 6 nitrogen and oxygen atoms in total. The monoisotopic (exact) mass is 355 g/mol. The zero-order valence-corrected chi connectivity index (χ0v) is 14.7. The van der Waals surface area contributed by atoms with Crippen molar-refractivity contribution in [2.75, 3.05) is 6.54 Å². The summed E-state index contributed by atoms with van der Waals surface area (Å²) in [4.78, 5) is 46.0. The third kappa shape index (κ3) is 3.51. The number of thiophene rings is 1. The fraction of sp³-hybridized carbons (Fsp3) is 0.222.